The Kier molecular flexibility index (Phi) is 9.42. The molecular weight excluding hydrogens is 540 g/mol. The first-order valence-corrected chi connectivity index (χ1v) is 12.9. The second-order valence-corrected chi connectivity index (χ2v) is 11.2. The molecule has 1 aromatic rings. The van der Waals surface area contributed by atoms with Gasteiger partial charge in [0.05, 0.1) is 31.4 Å². The minimum atomic E-state index is -3.19. The smallest absolute Gasteiger partial charge is 0.408 e. The fraction of sp³-hybridized carbons (Fsp3) is 0.654. The number of nitrogens with one attached hydrogen (secondary N) is 3. The molecule has 1 saturated heterocycles. The summed E-state index contributed by atoms with van der Waals surface area (Å²) in [6.45, 7) is 3.03. The predicted octanol–water partition coefficient (Wildman–Crippen LogP) is 4.40. The summed E-state index contributed by atoms with van der Waals surface area (Å²) in [4.78, 5) is 39.2. The number of phenols is 1. The Balaban J connectivity index is 1.86. The van der Waals surface area contributed by atoms with Gasteiger partial charge in [0.2, 0.25) is 11.8 Å². The topological polar surface area (TPSA) is 129 Å². The summed E-state index contributed by atoms with van der Waals surface area (Å²) < 4.78 is 66.2. The van der Waals surface area contributed by atoms with Crippen LogP contribution in [0.25, 0.3) is 0 Å². The van der Waals surface area contributed by atoms with Crippen LogP contribution < -0.4 is 16.0 Å². The lowest BCUT2D eigenvalue weighted by Crippen LogP contribution is -2.58. The van der Waals surface area contributed by atoms with E-state index < -0.39 is 79.4 Å². The summed E-state index contributed by atoms with van der Waals surface area (Å²) in [7, 11) is 1.33. The summed E-state index contributed by atoms with van der Waals surface area (Å²) >= 11 is 0. The Morgan fingerprint density at radius 3 is 2.42 bits per heavy atom. The van der Waals surface area contributed by atoms with Crippen LogP contribution in [0.5, 0.6) is 5.75 Å². The van der Waals surface area contributed by atoms with Crippen LogP contribution in [0.2, 0.25) is 0 Å². The number of carbonyl (C=O) groups is 3. The number of aromatic hydroxyl groups is 1. The summed E-state index contributed by atoms with van der Waals surface area (Å²) in [6.07, 6.45) is -1.92. The summed E-state index contributed by atoms with van der Waals surface area (Å²) in [5, 5.41) is 17.6. The van der Waals surface area contributed by atoms with Gasteiger partial charge in [0.15, 0.2) is 0 Å². The number of ether oxygens (including phenoxy) is 2. The molecule has 1 heterocycles. The second-order valence-electron chi connectivity index (χ2n) is 11.2. The number of phenolic OH excluding ortho intramolecular Hbond substituents is 1. The number of alkyl carbamates (subject to hydrolysis) is 1. The van der Waals surface area contributed by atoms with E-state index in [2.05, 4.69) is 16.0 Å². The summed E-state index contributed by atoms with van der Waals surface area (Å²) in [5.74, 6) is -7.88. The number of amides is 4. The number of carbonyl (C=O) groups excluding carboxylic acids is 3. The van der Waals surface area contributed by atoms with Crippen molar-refractivity contribution in [3.63, 3.8) is 0 Å². The van der Waals surface area contributed by atoms with Crippen molar-refractivity contribution in [1.82, 2.24) is 15.5 Å². The Morgan fingerprint density at radius 2 is 1.82 bits per heavy atom. The molecule has 2 atom stereocenters. The molecule has 4 amide bonds. The van der Waals surface area contributed by atoms with Crippen molar-refractivity contribution >= 4 is 23.7 Å². The van der Waals surface area contributed by atoms with Crippen LogP contribution >= 0.6 is 0 Å². The highest BCUT2D eigenvalue weighted by molar-refractivity contribution is 5.98. The number of alkyl halides is 4. The SMILES string of the molecule is COCC(c1ccc(O)c(NC(=O)[C@@H](NC(=O)OC(C)(C)C)C2CCC(F)(F)CC2)c1)N1CC(F)(F)CNC1=O. The standard InChI is InChI=1S/C26H36F4N4O6/c1-24(2,3)40-23(38)33-20(15-7-9-25(27,28)10-8-15)21(36)32-17-11-16(5-6-19(17)35)18(12-39-4)34-14-26(29,30)13-31-22(34)37/h5-6,11,15,18,20,35H,7-10,12-14H2,1-4H3,(H,31,37)(H,32,36)(H,33,38)/t18?,20-/m0/s1. The van der Waals surface area contributed by atoms with E-state index in [4.69, 9.17) is 9.47 Å². The zero-order valence-electron chi connectivity index (χ0n) is 22.9. The molecule has 4 N–H and O–H groups in total. The van der Waals surface area contributed by atoms with Crippen LogP contribution in [0.4, 0.5) is 32.8 Å². The molecule has 2 fully saturated rings. The van der Waals surface area contributed by atoms with Crippen molar-refractivity contribution in [3.05, 3.63) is 23.8 Å². The highest BCUT2D eigenvalue weighted by Crippen LogP contribution is 2.38. The number of anilines is 1. The molecule has 1 unspecified atom stereocenters. The summed E-state index contributed by atoms with van der Waals surface area (Å²) in [5.41, 5.74) is -0.743. The fourth-order valence-electron chi connectivity index (χ4n) is 4.76. The van der Waals surface area contributed by atoms with Crippen LogP contribution in [0.3, 0.4) is 0 Å². The largest absolute Gasteiger partial charge is 0.506 e. The molecule has 1 saturated carbocycles. The third-order valence-electron chi connectivity index (χ3n) is 6.71. The van der Waals surface area contributed by atoms with Crippen LogP contribution in [-0.4, -0.2) is 78.3 Å². The van der Waals surface area contributed by atoms with Gasteiger partial charge in [-0.15, -0.1) is 0 Å². The average molecular weight is 577 g/mol. The molecular formula is C26H36F4N4O6. The maximum Gasteiger partial charge on any atom is 0.408 e. The Morgan fingerprint density at radius 1 is 1.18 bits per heavy atom. The van der Waals surface area contributed by atoms with Gasteiger partial charge >= 0.3 is 12.1 Å². The molecule has 1 aromatic carbocycles. The number of urea groups is 1. The third kappa shape index (κ3) is 8.35. The van der Waals surface area contributed by atoms with E-state index in [9.17, 15) is 37.1 Å². The van der Waals surface area contributed by atoms with Crippen LogP contribution in [0.1, 0.15) is 58.1 Å². The number of rotatable bonds is 8. The van der Waals surface area contributed by atoms with Gasteiger partial charge in [0.1, 0.15) is 17.4 Å². The average Bonchev–Trinajstić information content (AvgIpc) is 2.83. The number of hydrogen-bond acceptors (Lipinski definition) is 6. The normalized spacial score (nSPS) is 20.7. The molecule has 2 aliphatic rings. The molecule has 0 spiro atoms. The van der Waals surface area contributed by atoms with Gasteiger partial charge in [0, 0.05) is 20.0 Å². The maximum absolute atomic E-state index is 14.1. The first kappa shape index (κ1) is 31.2. The van der Waals surface area contributed by atoms with E-state index in [1.54, 1.807) is 20.8 Å². The van der Waals surface area contributed by atoms with Crippen molar-refractivity contribution in [1.29, 1.82) is 0 Å². The van der Waals surface area contributed by atoms with Gasteiger partial charge in [-0.2, -0.15) is 0 Å². The summed E-state index contributed by atoms with van der Waals surface area (Å²) in [6, 6.07) is 0.914. The number of halogens is 4. The molecule has 3 rings (SSSR count). The van der Waals surface area contributed by atoms with Gasteiger partial charge in [-0.3, -0.25) is 4.79 Å². The van der Waals surface area contributed by atoms with Gasteiger partial charge in [-0.25, -0.2) is 27.2 Å². The highest BCUT2D eigenvalue weighted by atomic mass is 19.3. The van der Waals surface area contributed by atoms with Crippen molar-refractivity contribution < 1.29 is 46.5 Å². The molecule has 0 radical (unpaired) electrons. The minimum Gasteiger partial charge on any atom is -0.506 e. The van der Waals surface area contributed by atoms with E-state index in [1.165, 1.54) is 25.3 Å². The van der Waals surface area contributed by atoms with Crippen LogP contribution in [0.15, 0.2) is 18.2 Å². The van der Waals surface area contributed by atoms with Crippen molar-refractivity contribution in [2.75, 3.05) is 32.1 Å². The first-order valence-electron chi connectivity index (χ1n) is 12.9. The zero-order valence-corrected chi connectivity index (χ0v) is 22.9. The maximum atomic E-state index is 14.1. The van der Waals surface area contributed by atoms with Crippen LogP contribution in [0, 0.1) is 5.92 Å². The lowest BCUT2D eigenvalue weighted by molar-refractivity contribution is -0.121. The predicted molar refractivity (Wildman–Crippen MR) is 136 cm³/mol. The van der Waals surface area contributed by atoms with Crippen molar-refractivity contribution in [2.45, 2.75) is 76.0 Å². The molecule has 1 aliphatic carbocycles. The van der Waals surface area contributed by atoms with Crippen molar-refractivity contribution in [2.24, 2.45) is 5.92 Å². The first-order chi connectivity index (χ1) is 18.5. The van der Waals surface area contributed by atoms with E-state index in [0.29, 0.717) is 0 Å². The van der Waals surface area contributed by atoms with Crippen molar-refractivity contribution in [3.8, 4) is 5.75 Å². The fourth-order valence-corrected chi connectivity index (χ4v) is 4.76. The van der Waals surface area contributed by atoms with E-state index >= 15 is 0 Å². The lowest BCUT2D eigenvalue weighted by Gasteiger charge is -2.38. The molecule has 0 aromatic heterocycles. The number of methoxy groups -OCH3 is 1. The number of benzene rings is 1. The van der Waals surface area contributed by atoms with E-state index in [1.807, 2.05) is 0 Å². The highest BCUT2D eigenvalue weighted by Gasteiger charge is 2.43. The molecule has 10 nitrogen and oxygen atoms in total. The molecule has 0 bridgehead atoms. The van der Waals surface area contributed by atoms with Crippen LogP contribution in [-0.2, 0) is 14.3 Å². The molecule has 40 heavy (non-hydrogen) atoms. The Hall–Kier alpha value is -3.29. The van der Waals surface area contributed by atoms with Gasteiger partial charge in [-0.1, -0.05) is 6.07 Å². The Bertz CT molecular complexity index is 1090. The van der Waals surface area contributed by atoms with Gasteiger partial charge < -0.3 is 35.4 Å². The zero-order chi connectivity index (χ0) is 29.9. The van der Waals surface area contributed by atoms with Gasteiger partial charge in [-0.05, 0) is 57.2 Å². The monoisotopic (exact) mass is 576 g/mol. The quantitative estimate of drug-likeness (QED) is 0.268. The van der Waals surface area contributed by atoms with E-state index in [-0.39, 0.29) is 36.4 Å². The number of hydrogen-bond donors (Lipinski definition) is 4. The minimum absolute atomic E-state index is 0.0406. The molecule has 14 heteroatoms. The molecule has 1 aliphatic heterocycles. The number of nitrogens with zero attached hydrogens (tertiary/aromatic N) is 1. The molecule has 224 valence electrons. The lowest BCUT2D eigenvalue weighted by atomic mass is 9.81. The third-order valence-corrected chi connectivity index (χ3v) is 6.71. The van der Waals surface area contributed by atoms with E-state index in [0.717, 1.165) is 4.90 Å². The Labute approximate surface area is 229 Å². The second kappa shape index (κ2) is 12.1. The van der Waals surface area contributed by atoms with Gasteiger partial charge in [0.25, 0.3) is 5.92 Å².